The highest BCUT2D eigenvalue weighted by Crippen LogP contribution is 2.11. The molecule has 0 aliphatic carbocycles. The molecule has 2 N–H and O–H groups in total. The van der Waals surface area contributed by atoms with Crippen LogP contribution in [0.25, 0.3) is 0 Å². The summed E-state index contributed by atoms with van der Waals surface area (Å²) in [5, 5.41) is 6.53. The van der Waals surface area contributed by atoms with E-state index in [1.165, 1.54) is 18.3 Å². The van der Waals surface area contributed by atoms with Gasteiger partial charge in [0.1, 0.15) is 5.82 Å². The molecule has 0 heterocycles. The monoisotopic (exact) mass is 327 g/mol. The number of hydrogen-bond donors (Lipinski definition) is 2. The average molecular weight is 327 g/mol. The fourth-order valence-electron chi connectivity index (χ4n) is 1.81. The molecule has 2 amide bonds. The molecule has 5 nitrogen and oxygen atoms in total. The molecule has 0 aromatic heterocycles. The summed E-state index contributed by atoms with van der Waals surface area (Å²) in [4.78, 5) is 23.6. The lowest BCUT2D eigenvalue weighted by Gasteiger charge is -2.08. The Morgan fingerprint density at radius 1 is 1.12 bits per heavy atom. The van der Waals surface area contributed by atoms with Crippen LogP contribution in [0.15, 0.2) is 53.6 Å². The van der Waals surface area contributed by atoms with Gasteiger partial charge in [0.05, 0.1) is 6.21 Å². The van der Waals surface area contributed by atoms with Crippen LogP contribution in [0.5, 0.6) is 0 Å². The van der Waals surface area contributed by atoms with Crippen molar-refractivity contribution in [2.24, 2.45) is 11.0 Å². The minimum absolute atomic E-state index is 0.0908. The molecule has 2 aromatic rings. The first kappa shape index (κ1) is 17.3. The van der Waals surface area contributed by atoms with Crippen molar-refractivity contribution < 1.29 is 14.0 Å². The van der Waals surface area contributed by atoms with Gasteiger partial charge in [0.15, 0.2) is 0 Å². The first-order valence-electron chi connectivity index (χ1n) is 7.45. The van der Waals surface area contributed by atoms with Gasteiger partial charge in [0, 0.05) is 17.2 Å². The summed E-state index contributed by atoms with van der Waals surface area (Å²) in [7, 11) is 0. The van der Waals surface area contributed by atoms with E-state index in [0.29, 0.717) is 16.8 Å². The lowest BCUT2D eigenvalue weighted by atomic mass is 10.1. The highest BCUT2D eigenvalue weighted by atomic mass is 19.1. The third kappa shape index (κ3) is 5.01. The molecular formula is C18H18FN3O2. The molecule has 0 spiro atoms. The molecule has 0 aliphatic heterocycles. The van der Waals surface area contributed by atoms with E-state index >= 15 is 0 Å². The summed E-state index contributed by atoms with van der Waals surface area (Å²) in [6.45, 7) is 3.60. The van der Waals surface area contributed by atoms with Gasteiger partial charge in [-0.05, 0) is 42.0 Å². The van der Waals surface area contributed by atoms with Crippen LogP contribution in [0, 0.1) is 11.7 Å². The third-order valence-corrected chi connectivity index (χ3v) is 3.17. The van der Waals surface area contributed by atoms with Crippen molar-refractivity contribution in [3.63, 3.8) is 0 Å². The zero-order valence-electron chi connectivity index (χ0n) is 13.4. The summed E-state index contributed by atoms with van der Waals surface area (Å²) >= 11 is 0. The van der Waals surface area contributed by atoms with E-state index in [0.717, 1.165) is 0 Å². The molecular weight excluding hydrogens is 309 g/mol. The normalized spacial score (nSPS) is 10.8. The van der Waals surface area contributed by atoms with Crippen molar-refractivity contribution in [3.05, 3.63) is 65.5 Å². The predicted molar refractivity (Wildman–Crippen MR) is 91.4 cm³/mol. The van der Waals surface area contributed by atoms with Gasteiger partial charge in [-0.3, -0.25) is 9.59 Å². The number of hydrogen-bond acceptors (Lipinski definition) is 3. The Morgan fingerprint density at radius 3 is 2.46 bits per heavy atom. The largest absolute Gasteiger partial charge is 0.326 e. The molecule has 0 bridgehead atoms. The van der Waals surface area contributed by atoms with Crippen molar-refractivity contribution in [1.29, 1.82) is 0 Å². The molecule has 124 valence electrons. The van der Waals surface area contributed by atoms with Crippen LogP contribution in [-0.2, 0) is 4.79 Å². The molecule has 0 aliphatic rings. The van der Waals surface area contributed by atoms with Gasteiger partial charge in [-0.15, -0.1) is 0 Å². The van der Waals surface area contributed by atoms with Crippen LogP contribution >= 0.6 is 0 Å². The average Bonchev–Trinajstić information content (AvgIpc) is 2.55. The van der Waals surface area contributed by atoms with E-state index in [9.17, 15) is 14.0 Å². The quantitative estimate of drug-likeness (QED) is 0.654. The molecule has 2 aromatic carbocycles. The van der Waals surface area contributed by atoms with E-state index in [1.54, 1.807) is 50.2 Å². The van der Waals surface area contributed by atoms with Crippen molar-refractivity contribution in [2.75, 3.05) is 5.32 Å². The van der Waals surface area contributed by atoms with Crippen LogP contribution in [0.4, 0.5) is 10.1 Å². The van der Waals surface area contributed by atoms with Gasteiger partial charge in [-0.1, -0.05) is 26.0 Å². The second-order valence-electron chi connectivity index (χ2n) is 5.48. The van der Waals surface area contributed by atoms with Crippen molar-refractivity contribution in [2.45, 2.75) is 13.8 Å². The summed E-state index contributed by atoms with van der Waals surface area (Å²) in [6, 6.07) is 12.3. The molecule has 0 saturated carbocycles. The Morgan fingerprint density at radius 2 is 1.83 bits per heavy atom. The number of halogens is 1. The molecule has 0 fully saturated rings. The number of anilines is 1. The topological polar surface area (TPSA) is 70.6 Å². The SMILES string of the molecule is CC(C)C(=O)Nc1ccc(C(=O)NN=Cc2cccc(F)c2)cc1. The number of amides is 2. The van der Waals surface area contributed by atoms with Crippen molar-refractivity contribution in [1.82, 2.24) is 5.43 Å². The number of nitrogens with one attached hydrogen (secondary N) is 2. The van der Waals surface area contributed by atoms with Gasteiger partial charge in [0.2, 0.25) is 5.91 Å². The molecule has 0 atom stereocenters. The number of benzene rings is 2. The van der Waals surface area contributed by atoms with Crippen LogP contribution in [-0.4, -0.2) is 18.0 Å². The summed E-state index contributed by atoms with van der Waals surface area (Å²) in [5.41, 5.74) is 3.93. The summed E-state index contributed by atoms with van der Waals surface area (Å²) in [6.07, 6.45) is 1.36. The van der Waals surface area contributed by atoms with Crippen molar-refractivity contribution >= 4 is 23.7 Å². The first-order chi connectivity index (χ1) is 11.5. The van der Waals surface area contributed by atoms with Crippen LogP contribution in [0.1, 0.15) is 29.8 Å². The standard InChI is InChI=1S/C18H18FN3O2/c1-12(2)17(23)21-16-8-6-14(7-9-16)18(24)22-20-11-13-4-3-5-15(19)10-13/h3-12H,1-2H3,(H,21,23)(H,22,24). The lowest BCUT2D eigenvalue weighted by molar-refractivity contribution is -0.118. The van der Waals surface area contributed by atoms with Crippen molar-refractivity contribution in [3.8, 4) is 0 Å². The highest BCUT2D eigenvalue weighted by molar-refractivity contribution is 5.96. The molecule has 0 saturated heterocycles. The number of nitrogens with zero attached hydrogens (tertiary/aromatic N) is 1. The molecule has 24 heavy (non-hydrogen) atoms. The Bertz CT molecular complexity index is 755. The fourth-order valence-corrected chi connectivity index (χ4v) is 1.81. The maximum Gasteiger partial charge on any atom is 0.271 e. The van der Waals surface area contributed by atoms with E-state index in [4.69, 9.17) is 0 Å². The van der Waals surface area contributed by atoms with E-state index in [-0.39, 0.29) is 17.6 Å². The van der Waals surface area contributed by atoms with Gasteiger partial charge in [-0.25, -0.2) is 9.82 Å². The Hall–Kier alpha value is -3.02. The van der Waals surface area contributed by atoms with E-state index < -0.39 is 5.91 Å². The minimum Gasteiger partial charge on any atom is -0.326 e. The van der Waals surface area contributed by atoms with E-state index in [1.807, 2.05) is 0 Å². The van der Waals surface area contributed by atoms with Crippen LogP contribution in [0.2, 0.25) is 0 Å². The number of carbonyl (C=O) groups excluding carboxylic acids is 2. The molecule has 0 radical (unpaired) electrons. The summed E-state index contributed by atoms with van der Waals surface area (Å²) < 4.78 is 13.0. The Labute approximate surface area is 139 Å². The number of rotatable bonds is 5. The number of carbonyl (C=O) groups is 2. The number of hydrazone groups is 1. The van der Waals surface area contributed by atoms with Gasteiger partial charge in [-0.2, -0.15) is 5.10 Å². The van der Waals surface area contributed by atoms with Crippen LogP contribution in [0.3, 0.4) is 0 Å². The zero-order chi connectivity index (χ0) is 17.5. The second kappa shape index (κ2) is 8.01. The molecule has 0 unspecified atom stereocenters. The smallest absolute Gasteiger partial charge is 0.271 e. The highest BCUT2D eigenvalue weighted by Gasteiger charge is 2.08. The lowest BCUT2D eigenvalue weighted by Crippen LogP contribution is -2.19. The van der Waals surface area contributed by atoms with E-state index in [2.05, 4.69) is 15.8 Å². The summed E-state index contributed by atoms with van der Waals surface area (Å²) in [5.74, 6) is -0.981. The first-order valence-corrected chi connectivity index (χ1v) is 7.45. The van der Waals surface area contributed by atoms with Gasteiger partial charge in [0.25, 0.3) is 5.91 Å². The fraction of sp³-hybridized carbons (Fsp3) is 0.167. The maximum atomic E-state index is 13.0. The second-order valence-corrected chi connectivity index (χ2v) is 5.48. The minimum atomic E-state index is -0.399. The Kier molecular flexibility index (Phi) is 5.78. The van der Waals surface area contributed by atoms with Gasteiger partial charge >= 0.3 is 0 Å². The zero-order valence-corrected chi connectivity index (χ0v) is 13.4. The molecule has 2 rings (SSSR count). The molecule has 6 heteroatoms. The van der Waals surface area contributed by atoms with Crippen LogP contribution < -0.4 is 10.7 Å². The van der Waals surface area contributed by atoms with Gasteiger partial charge < -0.3 is 5.32 Å². The third-order valence-electron chi connectivity index (χ3n) is 3.17. The Balaban J connectivity index is 1.94. The predicted octanol–water partition coefficient (Wildman–Crippen LogP) is 3.18. The maximum absolute atomic E-state index is 13.0.